The molecular formula is C13H13F5N4O. The van der Waals surface area contributed by atoms with E-state index in [1.807, 2.05) is 0 Å². The summed E-state index contributed by atoms with van der Waals surface area (Å²) in [6, 6.07) is 5.71. The topological polar surface area (TPSA) is 52.8 Å². The van der Waals surface area contributed by atoms with Gasteiger partial charge in [-0.05, 0) is 43.3 Å². The maximum absolute atomic E-state index is 13.6. The van der Waals surface area contributed by atoms with Gasteiger partial charge in [-0.15, -0.1) is 5.10 Å². The Hall–Kier alpha value is -2.26. The Labute approximate surface area is 128 Å². The Bertz CT molecular complexity index is 690. The highest BCUT2D eigenvalue weighted by Gasteiger charge is 2.62. The number of nitrogens with zero attached hydrogens (tertiary/aromatic N) is 4. The highest BCUT2D eigenvalue weighted by atomic mass is 19.4. The maximum Gasteiger partial charge on any atom is 0.461 e. The van der Waals surface area contributed by atoms with Gasteiger partial charge in [-0.25, -0.2) is 0 Å². The molecule has 0 saturated carbocycles. The molecule has 10 heteroatoms. The fourth-order valence-corrected chi connectivity index (χ4v) is 1.72. The number of hydrogen-bond donors (Lipinski definition) is 0. The summed E-state index contributed by atoms with van der Waals surface area (Å²) in [6.07, 6.45) is -5.82. The zero-order valence-corrected chi connectivity index (χ0v) is 12.4. The van der Waals surface area contributed by atoms with Gasteiger partial charge in [-0.3, -0.25) is 0 Å². The number of tetrazole rings is 1. The fraction of sp³-hybridized carbons (Fsp3) is 0.462. The number of ether oxygens (including phenoxy) is 1. The third-order valence-electron chi connectivity index (χ3n) is 2.62. The van der Waals surface area contributed by atoms with E-state index in [1.54, 1.807) is 26.8 Å². The summed E-state index contributed by atoms with van der Waals surface area (Å²) in [5, 5.41) is 9.04. The monoisotopic (exact) mass is 336 g/mol. The molecule has 0 spiro atoms. The molecule has 1 aromatic heterocycles. The summed E-state index contributed by atoms with van der Waals surface area (Å²) >= 11 is 0. The number of alkyl halides is 5. The average molecular weight is 336 g/mol. The third-order valence-corrected chi connectivity index (χ3v) is 2.62. The molecule has 0 saturated heterocycles. The lowest BCUT2D eigenvalue weighted by Crippen LogP contribution is -2.36. The second-order valence-corrected chi connectivity index (χ2v) is 5.67. The van der Waals surface area contributed by atoms with Crippen molar-refractivity contribution in [2.75, 3.05) is 0 Å². The first-order valence-corrected chi connectivity index (χ1v) is 6.45. The lowest BCUT2D eigenvalue weighted by atomic mass is 10.2. The number of hydrogen-bond acceptors (Lipinski definition) is 4. The van der Waals surface area contributed by atoms with Crippen LogP contribution in [0.3, 0.4) is 0 Å². The second kappa shape index (κ2) is 5.43. The van der Waals surface area contributed by atoms with Crippen molar-refractivity contribution in [2.45, 2.75) is 38.5 Å². The number of para-hydroxylation sites is 2. The summed E-state index contributed by atoms with van der Waals surface area (Å²) < 4.78 is 70.8. The minimum atomic E-state index is -5.82. The zero-order chi connectivity index (χ0) is 17.5. The molecule has 0 bridgehead atoms. The number of benzene rings is 1. The lowest BCUT2D eigenvalue weighted by Gasteiger charge is -2.24. The van der Waals surface area contributed by atoms with Gasteiger partial charge < -0.3 is 4.74 Å². The molecule has 1 aromatic carbocycles. The van der Waals surface area contributed by atoms with E-state index in [1.165, 1.54) is 18.2 Å². The van der Waals surface area contributed by atoms with Crippen molar-refractivity contribution in [2.24, 2.45) is 0 Å². The molecule has 0 radical (unpaired) electrons. The molecule has 126 valence electrons. The first-order valence-electron chi connectivity index (χ1n) is 6.45. The summed E-state index contributed by atoms with van der Waals surface area (Å²) in [4.78, 5) is 0. The molecule has 0 aliphatic carbocycles. The third kappa shape index (κ3) is 3.40. The first kappa shape index (κ1) is 17.1. The quantitative estimate of drug-likeness (QED) is 0.805. The van der Waals surface area contributed by atoms with Crippen LogP contribution in [0.2, 0.25) is 0 Å². The van der Waals surface area contributed by atoms with Crippen LogP contribution >= 0.6 is 0 Å². The molecule has 23 heavy (non-hydrogen) atoms. The van der Waals surface area contributed by atoms with Gasteiger partial charge in [0.25, 0.3) is 0 Å². The Kier molecular flexibility index (Phi) is 4.03. The Morgan fingerprint density at radius 1 is 1.00 bits per heavy atom. The van der Waals surface area contributed by atoms with Crippen molar-refractivity contribution in [1.82, 2.24) is 20.2 Å². The molecule has 0 aliphatic rings. The van der Waals surface area contributed by atoms with E-state index in [0.717, 1.165) is 0 Å². The van der Waals surface area contributed by atoms with Crippen molar-refractivity contribution >= 4 is 0 Å². The van der Waals surface area contributed by atoms with Crippen LogP contribution < -0.4 is 4.74 Å². The summed E-state index contributed by atoms with van der Waals surface area (Å²) in [7, 11) is 0. The van der Waals surface area contributed by atoms with Gasteiger partial charge in [-0.2, -0.15) is 26.6 Å². The maximum atomic E-state index is 13.6. The molecule has 0 fully saturated rings. The van der Waals surface area contributed by atoms with Crippen LogP contribution in [0, 0.1) is 0 Å². The molecule has 2 rings (SSSR count). The predicted molar refractivity (Wildman–Crippen MR) is 69.5 cm³/mol. The molecule has 5 nitrogen and oxygen atoms in total. The van der Waals surface area contributed by atoms with Gasteiger partial charge in [0.1, 0.15) is 17.0 Å². The molecule has 0 amide bonds. The lowest BCUT2D eigenvalue weighted by molar-refractivity contribution is -0.293. The van der Waals surface area contributed by atoms with Gasteiger partial charge in [-0.1, -0.05) is 12.1 Å². The van der Waals surface area contributed by atoms with E-state index in [-0.39, 0.29) is 11.4 Å². The molecule has 1 heterocycles. The smallest absolute Gasteiger partial charge is 0.461 e. The molecule has 0 aliphatic heterocycles. The van der Waals surface area contributed by atoms with Crippen LogP contribution in [0.1, 0.15) is 26.6 Å². The van der Waals surface area contributed by atoms with Gasteiger partial charge >= 0.3 is 12.1 Å². The van der Waals surface area contributed by atoms with Gasteiger partial charge in [0, 0.05) is 0 Å². The van der Waals surface area contributed by atoms with Gasteiger partial charge in [0.15, 0.2) is 0 Å². The summed E-state index contributed by atoms with van der Waals surface area (Å²) in [5.74, 6) is -6.76. The van der Waals surface area contributed by atoms with E-state index in [2.05, 4.69) is 15.5 Å². The zero-order valence-electron chi connectivity index (χ0n) is 12.4. The van der Waals surface area contributed by atoms with E-state index < -0.39 is 23.5 Å². The van der Waals surface area contributed by atoms with E-state index in [9.17, 15) is 22.0 Å². The minimum absolute atomic E-state index is 0.0755. The predicted octanol–water partition coefficient (Wildman–Crippen LogP) is 3.49. The van der Waals surface area contributed by atoms with Crippen LogP contribution in [0.15, 0.2) is 24.3 Å². The van der Waals surface area contributed by atoms with Gasteiger partial charge in [0.05, 0.1) is 0 Å². The Balaban J connectivity index is 2.57. The van der Waals surface area contributed by atoms with E-state index in [4.69, 9.17) is 4.74 Å². The normalized spacial score (nSPS) is 13.2. The molecule has 2 aromatic rings. The standard InChI is InChI=1S/C13H13F5N4O/c1-11(2,3)23-9-7-5-4-6-8(9)22-10(19-20-21-22)12(14,15)13(16,17)18/h4-7H,1-3H3. The average Bonchev–Trinajstić information content (AvgIpc) is 2.85. The number of halogens is 5. The minimum Gasteiger partial charge on any atom is -0.486 e. The molecule has 0 atom stereocenters. The van der Waals surface area contributed by atoms with E-state index >= 15 is 0 Å². The van der Waals surface area contributed by atoms with Gasteiger partial charge in [0.2, 0.25) is 5.82 Å². The van der Waals surface area contributed by atoms with Crippen LogP contribution in [-0.2, 0) is 5.92 Å². The van der Waals surface area contributed by atoms with Crippen molar-refractivity contribution in [3.05, 3.63) is 30.1 Å². The summed E-state index contributed by atoms with van der Waals surface area (Å²) in [6.45, 7) is 5.11. The Morgan fingerprint density at radius 2 is 1.61 bits per heavy atom. The number of rotatable bonds is 3. The fourth-order valence-electron chi connectivity index (χ4n) is 1.72. The highest BCUT2D eigenvalue weighted by molar-refractivity contribution is 5.46. The van der Waals surface area contributed by atoms with E-state index in [0.29, 0.717) is 4.68 Å². The Morgan fingerprint density at radius 3 is 2.17 bits per heavy atom. The van der Waals surface area contributed by atoms with Crippen LogP contribution in [0.4, 0.5) is 22.0 Å². The second-order valence-electron chi connectivity index (χ2n) is 5.67. The van der Waals surface area contributed by atoms with Crippen LogP contribution in [0.25, 0.3) is 5.69 Å². The van der Waals surface area contributed by atoms with Crippen molar-refractivity contribution < 1.29 is 26.7 Å². The highest BCUT2D eigenvalue weighted by Crippen LogP contribution is 2.43. The number of aromatic nitrogens is 4. The molecular weight excluding hydrogens is 323 g/mol. The van der Waals surface area contributed by atoms with Crippen LogP contribution in [0.5, 0.6) is 5.75 Å². The largest absolute Gasteiger partial charge is 0.486 e. The van der Waals surface area contributed by atoms with Crippen molar-refractivity contribution in [1.29, 1.82) is 0 Å². The summed E-state index contributed by atoms with van der Waals surface area (Å²) in [5.41, 5.74) is -0.817. The molecule has 0 N–H and O–H groups in total. The van der Waals surface area contributed by atoms with Crippen LogP contribution in [-0.4, -0.2) is 32.0 Å². The molecule has 0 unspecified atom stereocenters. The van der Waals surface area contributed by atoms with Crippen molar-refractivity contribution in [3.8, 4) is 11.4 Å². The SMILES string of the molecule is CC(C)(C)Oc1ccccc1-n1nnnc1C(F)(F)C(F)(F)F. The van der Waals surface area contributed by atoms with Crippen molar-refractivity contribution in [3.63, 3.8) is 0 Å². The first-order chi connectivity index (χ1) is 10.4.